The second-order valence-electron chi connectivity index (χ2n) is 3.46. The molecule has 0 spiro atoms. The van der Waals surface area contributed by atoms with Gasteiger partial charge in [-0.1, -0.05) is 11.8 Å². The zero-order valence-corrected chi connectivity index (χ0v) is 8.78. The SMILES string of the molecule is Nc1nccnc1SC(C(=O)O)C1CC1. The number of hydrogen-bond acceptors (Lipinski definition) is 5. The van der Waals surface area contributed by atoms with E-state index in [1.807, 2.05) is 0 Å². The van der Waals surface area contributed by atoms with E-state index < -0.39 is 11.2 Å². The number of aliphatic carboxylic acids is 1. The van der Waals surface area contributed by atoms with Crippen LogP contribution in [0.25, 0.3) is 0 Å². The van der Waals surface area contributed by atoms with E-state index in [1.165, 1.54) is 24.2 Å². The fraction of sp³-hybridized carbons (Fsp3) is 0.444. The van der Waals surface area contributed by atoms with Gasteiger partial charge in [0.15, 0.2) is 5.82 Å². The number of hydrogen-bond donors (Lipinski definition) is 2. The van der Waals surface area contributed by atoms with Crippen molar-refractivity contribution in [1.29, 1.82) is 0 Å². The molecule has 1 aliphatic carbocycles. The normalized spacial score (nSPS) is 17.3. The Morgan fingerprint density at radius 1 is 1.53 bits per heavy atom. The van der Waals surface area contributed by atoms with Crippen LogP contribution in [0, 0.1) is 5.92 Å². The van der Waals surface area contributed by atoms with Gasteiger partial charge >= 0.3 is 5.97 Å². The average Bonchev–Trinajstić information content (AvgIpc) is 2.99. The van der Waals surface area contributed by atoms with E-state index in [9.17, 15) is 4.79 Å². The molecule has 0 saturated heterocycles. The van der Waals surface area contributed by atoms with Gasteiger partial charge in [0.2, 0.25) is 0 Å². The van der Waals surface area contributed by atoms with Crippen molar-refractivity contribution in [3.63, 3.8) is 0 Å². The first-order chi connectivity index (χ1) is 7.18. The lowest BCUT2D eigenvalue weighted by Crippen LogP contribution is -2.19. The fourth-order valence-corrected chi connectivity index (χ4v) is 2.40. The van der Waals surface area contributed by atoms with E-state index in [2.05, 4.69) is 9.97 Å². The molecular formula is C9H11N3O2S. The summed E-state index contributed by atoms with van der Waals surface area (Å²) in [5.74, 6) is -0.240. The minimum Gasteiger partial charge on any atom is -0.480 e. The molecule has 1 unspecified atom stereocenters. The zero-order valence-electron chi connectivity index (χ0n) is 7.96. The highest BCUT2D eigenvalue weighted by atomic mass is 32.2. The van der Waals surface area contributed by atoms with Crippen molar-refractivity contribution < 1.29 is 9.90 Å². The van der Waals surface area contributed by atoms with Crippen LogP contribution in [0.1, 0.15) is 12.8 Å². The highest BCUT2D eigenvalue weighted by Gasteiger charge is 2.37. The third-order valence-corrected chi connectivity index (χ3v) is 3.60. The Morgan fingerprint density at radius 3 is 2.73 bits per heavy atom. The summed E-state index contributed by atoms with van der Waals surface area (Å²) in [5.41, 5.74) is 5.60. The number of rotatable bonds is 4. The van der Waals surface area contributed by atoms with Gasteiger partial charge in [0.05, 0.1) is 0 Å². The van der Waals surface area contributed by atoms with Crippen LogP contribution in [0.3, 0.4) is 0 Å². The van der Waals surface area contributed by atoms with Crippen LogP contribution in [0.15, 0.2) is 17.4 Å². The third kappa shape index (κ3) is 2.38. The van der Waals surface area contributed by atoms with Crippen molar-refractivity contribution in [2.45, 2.75) is 23.1 Å². The summed E-state index contributed by atoms with van der Waals surface area (Å²) in [6.07, 6.45) is 4.96. The highest BCUT2D eigenvalue weighted by molar-refractivity contribution is 8.00. The first-order valence-electron chi connectivity index (χ1n) is 4.64. The lowest BCUT2D eigenvalue weighted by molar-refractivity contribution is -0.136. The predicted octanol–water partition coefficient (Wildman–Crippen LogP) is 1.01. The van der Waals surface area contributed by atoms with Crippen molar-refractivity contribution in [2.24, 2.45) is 5.92 Å². The molecule has 1 fully saturated rings. The van der Waals surface area contributed by atoms with Crippen LogP contribution >= 0.6 is 11.8 Å². The monoisotopic (exact) mass is 225 g/mol. The van der Waals surface area contributed by atoms with E-state index in [1.54, 1.807) is 0 Å². The first kappa shape index (κ1) is 10.2. The van der Waals surface area contributed by atoms with E-state index in [-0.39, 0.29) is 5.92 Å². The van der Waals surface area contributed by atoms with Gasteiger partial charge in [0.1, 0.15) is 10.3 Å². The zero-order chi connectivity index (χ0) is 10.8. The van der Waals surface area contributed by atoms with Gasteiger partial charge in [-0.3, -0.25) is 4.79 Å². The third-order valence-electron chi connectivity index (χ3n) is 2.22. The Hall–Kier alpha value is -1.30. The number of anilines is 1. The van der Waals surface area contributed by atoms with Crippen LogP contribution in [0.4, 0.5) is 5.82 Å². The molecule has 1 aromatic rings. The highest BCUT2D eigenvalue weighted by Crippen LogP contribution is 2.42. The number of aromatic nitrogens is 2. The molecule has 0 amide bonds. The van der Waals surface area contributed by atoms with Crippen LogP contribution in [-0.2, 0) is 4.79 Å². The van der Waals surface area contributed by atoms with Gasteiger partial charge in [-0.2, -0.15) is 0 Å². The van der Waals surface area contributed by atoms with Crippen LogP contribution in [0.2, 0.25) is 0 Å². The number of thioether (sulfide) groups is 1. The molecule has 0 aromatic carbocycles. The van der Waals surface area contributed by atoms with Crippen molar-refractivity contribution in [3.05, 3.63) is 12.4 Å². The van der Waals surface area contributed by atoms with E-state index >= 15 is 0 Å². The smallest absolute Gasteiger partial charge is 0.317 e. The maximum atomic E-state index is 11.0. The minimum absolute atomic E-state index is 0.258. The van der Waals surface area contributed by atoms with E-state index in [0.717, 1.165) is 12.8 Å². The predicted molar refractivity (Wildman–Crippen MR) is 56.4 cm³/mol. The van der Waals surface area contributed by atoms with E-state index in [0.29, 0.717) is 10.8 Å². The van der Waals surface area contributed by atoms with Gasteiger partial charge < -0.3 is 10.8 Å². The molecule has 5 nitrogen and oxygen atoms in total. The molecule has 1 heterocycles. The molecule has 6 heteroatoms. The molecule has 3 N–H and O–H groups in total. The number of carboxylic acids is 1. The van der Waals surface area contributed by atoms with Crippen LogP contribution in [0.5, 0.6) is 0 Å². The molecule has 0 bridgehead atoms. The lowest BCUT2D eigenvalue weighted by Gasteiger charge is -2.10. The standard InChI is InChI=1S/C9H11N3O2S/c10-7-8(12-4-3-11-7)15-6(9(13)14)5-1-2-5/h3-6H,1-2H2,(H2,10,11)(H,13,14). The number of carbonyl (C=O) groups is 1. The summed E-state index contributed by atoms with van der Waals surface area (Å²) in [5, 5.41) is 9.10. The summed E-state index contributed by atoms with van der Waals surface area (Å²) in [4.78, 5) is 18.9. The summed E-state index contributed by atoms with van der Waals surface area (Å²) >= 11 is 1.20. The van der Waals surface area contributed by atoms with Gasteiger partial charge in [0, 0.05) is 12.4 Å². The maximum absolute atomic E-state index is 11.0. The topological polar surface area (TPSA) is 89.1 Å². The molecular weight excluding hydrogens is 214 g/mol. The van der Waals surface area contributed by atoms with Crippen molar-refractivity contribution >= 4 is 23.5 Å². The average molecular weight is 225 g/mol. The Kier molecular flexibility index (Phi) is 2.77. The molecule has 0 radical (unpaired) electrons. The quantitative estimate of drug-likeness (QED) is 0.743. The molecule has 15 heavy (non-hydrogen) atoms. The van der Waals surface area contributed by atoms with Crippen LogP contribution in [-0.4, -0.2) is 26.3 Å². The Bertz CT molecular complexity index is 381. The molecule has 1 aromatic heterocycles. The molecule has 2 rings (SSSR count). The second-order valence-corrected chi connectivity index (χ2v) is 4.59. The Morgan fingerprint density at radius 2 is 2.20 bits per heavy atom. The van der Waals surface area contributed by atoms with Crippen molar-refractivity contribution in [2.75, 3.05) is 5.73 Å². The van der Waals surface area contributed by atoms with Crippen molar-refractivity contribution in [3.8, 4) is 0 Å². The van der Waals surface area contributed by atoms with Crippen LogP contribution < -0.4 is 5.73 Å². The molecule has 1 aliphatic rings. The molecule has 1 saturated carbocycles. The Balaban J connectivity index is 2.12. The van der Waals surface area contributed by atoms with Gasteiger partial charge in [-0.25, -0.2) is 9.97 Å². The number of nitrogen functional groups attached to an aromatic ring is 1. The van der Waals surface area contributed by atoms with Gasteiger partial charge in [0.25, 0.3) is 0 Å². The number of nitrogens with zero attached hydrogens (tertiary/aromatic N) is 2. The fourth-order valence-electron chi connectivity index (χ4n) is 1.29. The molecule has 1 atom stereocenters. The minimum atomic E-state index is -0.799. The van der Waals surface area contributed by atoms with Gasteiger partial charge in [-0.05, 0) is 18.8 Å². The second kappa shape index (κ2) is 4.06. The maximum Gasteiger partial charge on any atom is 0.317 e. The van der Waals surface area contributed by atoms with Crippen molar-refractivity contribution in [1.82, 2.24) is 9.97 Å². The van der Waals surface area contributed by atoms with Gasteiger partial charge in [-0.15, -0.1) is 0 Å². The van der Waals surface area contributed by atoms with E-state index in [4.69, 9.17) is 10.8 Å². The summed E-state index contributed by atoms with van der Waals surface area (Å²) < 4.78 is 0. The molecule has 0 aliphatic heterocycles. The Labute approximate surface area is 91.1 Å². The first-order valence-corrected chi connectivity index (χ1v) is 5.52. The lowest BCUT2D eigenvalue weighted by atomic mass is 10.3. The summed E-state index contributed by atoms with van der Waals surface area (Å²) in [6.45, 7) is 0. The summed E-state index contributed by atoms with van der Waals surface area (Å²) in [6, 6.07) is 0. The largest absolute Gasteiger partial charge is 0.480 e. The number of nitrogens with two attached hydrogens (primary N) is 1. The number of carboxylic acid groups (broad SMARTS) is 1. The molecule has 80 valence electrons. The summed E-state index contributed by atoms with van der Waals surface area (Å²) in [7, 11) is 0.